The number of carbonyl (C=O) groups is 4. The average molecular weight is 405 g/mol. The molecule has 0 aliphatic rings. The number of nitrogens with two attached hydrogens (primary N) is 2. The summed E-state index contributed by atoms with van der Waals surface area (Å²) in [5.74, 6) is -3.33. The molecule has 0 atom stereocenters. The van der Waals surface area contributed by atoms with Crippen LogP contribution in [0.2, 0.25) is 0 Å². The number of hydrogen-bond donors (Lipinski definition) is 9. The molecule has 0 heterocycles. The van der Waals surface area contributed by atoms with Gasteiger partial charge in [-0.25, -0.2) is 0 Å². The van der Waals surface area contributed by atoms with Gasteiger partial charge in [-0.2, -0.15) is 0 Å². The molecule has 0 aliphatic carbocycles. The highest BCUT2D eigenvalue weighted by Crippen LogP contribution is 1.49. The van der Waals surface area contributed by atoms with Gasteiger partial charge >= 0.3 is 0 Å². The van der Waals surface area contributed by atoms with Gasteiger partial charge in [-0.15, -0.1) is 0 Å². The van der Waals surface area contributed by atoms with E-state index in [0.29, 0.717) is 13.1 Å². The van der Waals surface area contributed by atoms with E-state index in [1.807, 2.05) is 0 Å². The van der Waals surface area contributed by atoms with Gasteiger partial charge in [0.25, 0.3) is 23.9 Å². The van der Waals surface area contributed by atoms with E-state index in [4.69, 9.17) is 61.3 Å². The van der Waals surface area contributed by atoms with Crippen molar-refractivity contribution in [2.24, 2.45) is 11.5 Å². The minimum absolute atomic E-state index is 0.125. The Kier molecular flexibility index (Phi) is 64.3. The third kappa shape index (κ3) is 1550. The Morgan fingerprint density at radius 1 is 0.630 bits per heavy atom. The summed E-state index contributed by atoms with van der Waals surface area (Å²) in [7, 11) is 0. The third-order valence-electron chi connectivity index (χ3n) is 0.742. The molecule has 0 spiro atoms. The van der Waals surface area contributed by atoms with Gasteiger partial charge in [0.1, 0.15) is 0 Å². The number of nitrogens with one attached hydrogen (secondary N) is 1. The number of aliphatic carboxylic acids is 4. The van der Waals surface area contributed by atoms with Crippen LogP contribution in [0.25, 0.3) is 0 Å². The van der Waals surface area contributed by atoms with Crippen molar-refractivity contribution in [1.29, 1.82) is 0 Å². The predicted molar refractivity (Wildman–Crippen MR) is 98.4 cm³/mol. The van der Waals surface area contributed by atoms with Crippen molar-refractivity contribution in [3.05, 3.63) is 0 Å². The first-order valence-corrected chi connectivity index (χ1v) is 7.37. The number of hydrogen-bond acceptors (Lipinski definition) is 9. The smallest absolute Gasteiger partial charge is 0.300 e. The van der Waals surface area contributed by atoms with Crippen molar-refractivity contribution >= 4 is 23.9 Å². The van der Waals surface area contributed by atoms with Crippen LogP contribution in [0.5, 0.6) is 0 Å². The van der Waals surface area contributed by atoms with Gasteiger partial charge in [0.2, 0.25) is 0 Å². The monoisotopic (exact) mass is 405 g/mol. The van der Waals surface area contributed by atoms with Crippen LogP contribution in [-0.4, -0.2) is 93.9 Å². The SMILES string of the molecule is CC(=O)O.CC(=O)O.CC(=O)O.CC(=O)O.NCCNCCN.OCCO. The summed E-state index contributed by atoms with van der Waals surface area (Å²) in [4.78, 5) is 36.0. The van der Waals surface area contributed by atoms with Crippen molar-refractivity contribution in [3.63, 3.8) is 0 Å². The summed E-state index contributed by atoms with van der Waals surface area (Å²) >= 11 is 0. The van der Waals surface area contributed by atoms with Gasteiger partial charge in [0.15, 0.2) is 0 Å². The highest BCUT2D eigenvalue weighted by atomic mass is 16.4. The van der Waals surface area contributed by atoms with E-state index in [9.17, 15) is 0 Å². The molecule has 11 N–H and O–H groups in total. The Morgan fingerprint density at radius 2 is 0.778 bits per heavy atom. The fourth-order valence-corrected chi connectivity index (χ4v) is 0.329. The van der Waals surface area contributed by atoms with Crippen LogP contribution >= 0.6 is 0 Å². The maximum atomic E-state index is 9.00. The van der Waals surface area contributed by atoms with Crippen LogP contribution < -0.4 is 16.8 Å². The summed E-state index contributed by atoms with van der Waals surface area (Å²) in [5.41, 5.74) is 10.3. The molecule has 0 unspecified atom stereocenters. The Bertz CT molecular complexity index is 258. The van der Waals surface area contributed by atoms with Gasteiger partial charge in [-0.3, -0.25) is 19.2 Å². The molecule has 0 aromatic carbocycles. The molecule has 0 amide bonds. The highest BCUT2D eigenvalue weighted by Gasteiger charge is 1.76. The third-order valence-corrected chi connectivity index (χ3v) is 0.742. The largest absolute Gasteiger partial charge is 0.481 e. The molecule has 0 aromatic heterocycles. The molecule has 0 saturated heterocycles. The maximum absolute atomic E-state index is 9.00. The Hall–Kier alpha value is -2.32. The van der Waals surface area contributed by atoms with Crippen molar-refractivity contribution in [1.82, 2.24) is 5.32 Å². The van der Waals surface area contributed by atoms with Gasteiger partial charge in [0.05, 0.1) is 13.2 Å². The van der Waals surface area contributed by atoms with Gasteiger partial charge in [-0.05, 0) is 0 Å². The average Bonchev–Trinajstić information content (AvgIpc) is 2.46. The topological polar surface area (TPSA) is 254 Å². The van der Waals surface area contributed by atoms with E-state index in [0.717, 1.165) is 40.8 Å². The highest BCUT2D eigenvalue weighted by molar-refractivity contribution is 5.63. The van der Waals surface area contributed by atoms with Crippen molar-refractivity contribution in [3.8, 4) is 0 Å². The van der Waals surface area contributed by atoms with Gasteiger partial charge in [0, 0.05) is 53.9 Å². The second-order valence-corrected chi connectivity index (χ2v) is 3.85. The molecule has 0 fully saturated rings. The summed E-state index contributed by atoms with van der Waals surface area (Å²) < 4.78 is 0. The zero-order valence-electron chi connectivity index (χ0n) is 16.2. The van der Waals surface area contributed by atoms with Crippen LogP contribution in [0.3, 0.4) is 0 Å². The van der Waals surface area contributed by atoms with Crippen LogP contribution in [0.1, 0.15) is 27.7 Å². The molecule has 0 radical (unpaired) electrons. The van der Waals surface area contributed by atoms with Crippen molar-refractivity contribution in [2.75, 3.05) is 39.4 Å². The van der Waals surface area contributed by atoms with Crippen LogP contribution in [-0.2, 0) is 19.2 Å². The van der Waals surface area contributed by atoms with E-state index < -0.39 is 23.9 Å². The minimum Gasteiger partial charge on any atom is -0.481 e. The molecule has 0 aromatic rings. The lowest BCUT2D eigenvalue weighted by Gasteiger charge is -1.95. The molecule has 0 aliphatic heterocycles. The molecular formula is C14H35N3O10. The number of carboxylic acids is 4. The molecule has 13 nitrogen and oxygen atoms in total. The Labute approximate surface area is 158 Å². The molecular weight excluding hydrogens is 370 g/mol. The van der Waals surface area contributed by atoms with E-state index >= 15 is 0 Å². The number of aliphatic hydroxyl groups is 2. The molecule has 27 heavy (non-hydrogen) atoms. The summed E-state index contributed by atoms with van der Waals surface area (Å²) in [6.07, 6.45) is 0. The standard InChI is InChI=1S/C4H13N3.4C2H4O2.C2H6O2/c5-1-3-7-4-2-6;4*1-2(3)4;3-1-2-4/h7H,1-6H2;4*1H3,(H,3,4);3-4H,1-2H2. The first-order chi connectivity index (χ1) is 12.3. The number of rotatable bonds is 5. The summed E-state index contributed by atoms with van der Waals surface area (Å²) in [5, 5.41) is 48.0. The van der Waals surface area contributed by atoms with Crippen LogP contribution in [0, 0.1) is 0 Å². The molecule has 0 saturated carbocycles. The second kappa shape index (κ2) is 43.8. The maximum Gasteiger partial charge on any atom is 0.300 e. The van der Waals surface area contributed by atoms with E-state index in [2.05, 4.69) is 5.32 Å². The summed E-state index contributed by atoms with van der Waals surface area (Å²) in [6.45, 7) is 7.22. The number of aliphatic hydroxyl groups excluding tert-OH is 2. The number of carboxylic acid groups (broad SMARTS) is 4. The fraction of sp³-hybridized carbons (Fsp3) is 0.714. The summed E-state index contributed by atoms with van der Waals surface area (Å²) in [6, 6.07) is 0. The Balaban J connectivity index is -0.0000000500. The zero-order chi connectivity index (χ0) is 23.3. The van der Waals surface area contributed by atoms with E-state index in [-0.39, 0.29) is 13.2 Å². The first kappa shape index (κ1) is 39.7. The second-order valence-electron chi connectivity index (χ2n) is 3.85. The normalized spacial score (nSPS) is 7.26. The molecule has 13 heteroatoms. The van der Waals surface area contributed by atoms with Gasteiger partial charge < -0.3 is 47.4 Å². The van der Waals surface area contributed by atoms with E-state index in [1.165, 1.54) is 0 Å². The lowest BCUT2D eigenvalue weighted by Crippen LogP contribution is -2.27. The molecule has 0 bridgehead atoms. The van der Waals surface area contributed by atoms with Gasteiger partial charge in [-0.1, -0.05) is 0 Å². The minimum atomic E-state index is -0.833. The molecule has 166 valence electrons. The Morgan fingerprint density at radius 3 is 0.852 bits per heavy atom. The zero-order valence-corrected chi connectivity index (χ0v) is 16.2. The lowest BCUT2D eigenvalue weighted by molar-refractivity contribution is -0.135. The first-order valence-electron chi connectivity index (χ1n) is 7.37. The van der Waals surface area contributed by atoms with Crippen molar-refractivity contribution < 1.29 is 49.8 Å². The van der Waals surface area contributed by atoms with Crippen LogP contribution in [0.15, 0.2) is 0 Å². The van der Waals surface area contributed by atoms with Crippen LogP contribution in [0.4, 0.5) is 0 Å². The lowest BCUT2D eigenvalue weighted by atomic mass is 10.6. The van der Waals surface area contributed by atoms with Crippen molar-refractivity contribution in [2.45, 2.75) is 27.7 Å². The van der Waals surface area contributed by atoms with E-state index in [1.54, 1.807) is 0 Å². The molecule has 0 rings (SSSR count). The quantitative estimate of drug-likeness (QED) is 0.221. The fourth-order valence-electron chi connectivity index (χ4n) is 0.329. The predicted octanol–water partition coefficient (Wildman–Crippen LogP) is -2.17.